The van der Waals surface area contributed by atoms with Crippen molar-refractivity contribution in [3.63, 3.8) is 0 Å². The lowest BCUT2D eigenvalue weighted by atomic mass is 10.0. The minimum Gasteiger partial charge on any atom is -0.337 e. The Morgan fingerprint density at radius 1 is 1.28 bits per heavy atom. The predicted molar refractivity (Wildman–Crippen MR) is 74.7 cm³/mol. The molecule has 0 radical (unpaired) electrons. The molecule has 4 heteroatoms. The molecule has 4 nitrogen and oxygen atoms in total. The Kier molecular flexibility index (Phi) is 5.65. The Hall–Kier alpha value is -1.55. The highest BCUT2D eigenvalue weighted by atomic mass is 16.2. The number of hydrogen-bond donors (Lipinski definition) is 2. The molecule has 0 fully saturated rings. The summed E-state index contributed by atoms with van der Waals surface area (Å²) < 4.78 is 0. The van der Waals surface area contributed by atoms with Gasteiger partial charge in [0.25, 0.3) is 0 Å². The summed E-state index contributed by atoms with van der Waals surface area (Å²) in [7, 11) is 3.47. The van der Waals surface area contributed by atoms with Crippen molar-refractivity contribution >= 4 is 6.03 Å². The molecule has 0 saturated heterocycles. The van der Waals surface area contributed by atoms with Crippen LogP contribution < -0.4 is 10.6 Å². The number of aryl methyl sites for hydroxylation is 1. The van der Waals surface area contributed by atoms with Gasteiger partial charge in [0.2, 0.25) is 0 Å². The lowest BCUT2D eigenvalue weighted by molar-refractivity contribution is 0.217. The van der Waals surface area contributed by atoms with Crippen LogP contribution in [-0.2, 0) is 0 Å². The Labute approximate surface area is 109 Å². The Morgan fingerprint density at radius 2 is 1.94 bits per heavy atom. The van der Waals surface area contributed by atoms with Crippen LogP contribution in [0.5, 0.6) is 0 Å². The first kappa shape index (κ1) is 14.5. The summed E-state index contributed by atoms with van der Waals surface area (Å²) in [5, 5.41) is 6.23. The second kappa shape index (κ2) is 7.01. The molecule has 1 aromatic carbocycles. The van der Waals surface area contributed by atoms with Gasteiger partial charge in [0, 0.05) is 33.2 Å². The molecule has 0 aliphatic heterocycles. The Balaban J connectivity index is 2.32. The maximum atomic E-state index is 11.3. The van der Waals surface area contributed by atoms with Crippen molar-refractivity contribution in [1.82, 2.24) is 15.5 Å². The van der Waals surface area contributed by atoms with Gasteiger partial charge in [-0.25, -0.2) is 4.79 Å². The summed E-state index contributed by atoms with van der Waals surface area (Å²) in [6, 6.07) is 8.58. The fraction of sp³-hybridized carbons (Fsp3) is 0.500. The number of rotatable bonds is 5. The van der Waals surface area contributed by atoms with Gasteiger partial charge in [-0.05, 0) is 25.0 Å². The third kappa shape index (κ3) is 4.37. The summed E-state index contributed by atoms with van der Waals surface area (Å²) in [6.45, 7) is 5.64. The Bertz CT molecular complexity index is 390. The number of nitrogens with one attached hydrogen (secondary N) is 2. The SMILES string of the molecule is Cc1ccccc1C(C)NCCNC(=O)N(C)C. The zero-order valence-corrected chi connectivity index (χ0v) is 11.7. The zero-order valence-electron chi connectivity index (χ0n) is 11.7. The van der Waals surface area contributed by atoms with Gasteiger partial charge in [-0.3, -0.25) is 0 Å². The molecule has 0 aliphatic rings. The average molecular weight is 249 g/mol. The summed E-state index contributed by atoms with van der Waals surface area (Å²) in [5.74, 6) is 0. The predicted octanol–water partition coefficient (Wildman–Crippen LogP) is 1.92. The number of hydrogen-bond acceptors (Lipinski definition) is 2. The topological polar surface area (TPSA) is 44.4 Å². The van der Waals surface area contributed by atoms with Crippen LogP contribution in [-0.4, -0.2) is 38.1 Å². The quantitative estimate of drug-likeness (QED) is 0.783. The number of urea groups is 1. The fourth-order valence-corrected chi connectivity index (χ4v) is 1.80. The minimum absolute atomic E-state index is 0.0552. The van der Waals surface area contributed by atoms with Gasteiger partial charge < -0.3 is 15.5 Å². The third-order valence-electron chi connectivity index (χ3n) is 2.91. The van der Waals surface area contributed by atoms with Crippen LogP contribution in [0.1, 0.15) is 24.1 Å². The van der Waals surface area contributed by atoms with E-state index in [0.717, 1.165) is 6.54 Å². The molecular formula is C14H23N3O. The molecule has 0 saturated carbocycles. The summed E-state index contributed by atoms with van der Waals surface area (Å²) in [4.78, 5) is 12.8. The Morgan fingerprint density at radius 3 is 2.56 bits per heavy atom. The third-order valence-corrected chi connectivity index (χ3v) is 2.91. The van der Waals surface area contributed by atoms with Crippen LogP contribution in [0.2, 0.25) is 0 Å². The second-order valence-electron chi connectivity index (χ2n) is 4.66. The van der Waals surface area contributed by atoms with Crippen molar-refractivity contribution in [2.75, 3.05) is 27.2 Å². The van der Waals surface area contributed by atoms with E-state index in [1.807, 2.05) is 12.1 Å². The number of amides is 2. The van der Waals surface area contributed by atoms with Crippen LogP contribution in [0, 0.1) is 6.92 Å². The van der Waals surface area contributed by atoms with E-state index in [-0.39, 0.29) is 6.03 Å². The van der Waals surface area contributed by atoms with Crippen molar-refractivity contribution in [2.45, 2.75) is 19.9 Å². The molecule has 100 valence electrons. The molecule has 2 amide bonds. The van der Waals surface area contributed by atoms with Gasteiger partial charge in [0.15, 0.2) is 0 Å². The summed E-state index contributed by atoms with van der Waals surface area (Å²) in [6.07, 6.45) is 0. The molecule has 18 heavy (non-hydrogen) atoms. The highest BCUT2D eigenvalue weighted by molar-refractivity contribution is 5.73. The molecule has 1 rings (SSSR count). The highest BCUT2D eigenvalue weighted by Gasteiger charge is 2.07. The maximum Gasteiger partial charge on any atom is 0.316 e. The normalized spacial score (nSPS) is 12.0. The lowest BCUT2D eigenvalue weighted by Gasteiger charge is -2.17. The van der Waals surface area contributed by atoms with Gasteiger partial charge >= 0.3 is 6.03 Å². The molecule has 1 aromatic rings. The smallest absolute Gasteiger partial charge is 0.316 e. The first-order valence-electron chi connectivity index (χ1n) is 6.26. The molecule has 0 heterocycles. The van der Waals surface area contributed by atoms with E-state index in [1.54, 1.807) is 14.1 Å². The van der Waals surface area contributed by atoms with Crippen LogP contribution in [0.25, 0.3) is 0 Å². The summed E-state index contributed by atoms with van der Waals surface area (Å²) in [5.41, 5.74) is 2.59. The molecule has 0 bridgehead atoms. The van der Waals surface area contributed by atoms with E-state index in [0.29, 0.717) is 12.6 Å². The monoisotopic (exact) mass is 249 g/mol. The maximum absolute atomic E-state index is 11.3. The van der Waals surface area contributed by atoms with Gasteiger partial charge in [-0.1, -0.05) is 24.3 Å². The molecular weight excluding hydrogens is 226 g/mol. The first-order valence-corrected chi connectivity index (χ1v) is 6.26. The standard InChI is InChI=1S/C14H23N3O/c1-11-7-5-6-8-13(11)12(2)15-9-10-16-14(18)17(3)4/h5-8,12,15H,9-10H2,1-4H3,(H,16,18). The van der Waals surface area contributed by atoms with E-state index in [2.05, 4.69) is 36.6 Å². The van der Waals surface area contributed by atoms with Crippen molar-refractivity contribution in [3.8, 4) is 0 Å². The fourth-order valence-electron chi connectivity index (χ4n) is 1.80. The van der Waals surface area contributed by atoms with Crippen LogP contribution in [0.4, 0.5) is 4.79 Å². The zero-order chi connectivity index (χ0) is 13.5. The van der Waals surface area contributed by atoms with Gasteiger partial charge in [-0.2, -0.15) is 0 Å². The lowest BCUT2D eigenvalue weighted by Crippen LogP contribution is -2.38. The number of carbonyl (C=O) groups excluding carboxylic acids is 1. The number of benzene rings is 1. The highest BCUT2D eigenvalue weighted by Crippen LogP contribution is 2.15. The second-order valence-corrected chi connectivity index (χ2v) is 4.66. The molecule has 1 atom stereocenters. The molecule has 1 unspecified atom stereocenters. The molecule has 2 N–H and O–H groups in total. The van der Waals surface area contributed by atoms with E-state index in [9.17, 15) is 4.79 Å². The van der Waals surface area contributed by atoms with E-state index in [1.165, 1.54) is 16.0 Å². The van der Waals surface area contributed by atoms with E-state index < -0.39 is 0 Å². The molecule has 0 spiro atoms. The van der Waals surface area contributed by atoms with Gasteiger partial charge in [0.05, 0.1) is 0 Å². The van der Waals surface area contributed by atoms with Crippen LogP contribution in [0.3, 0.4) is 0 Å². The number of nitrogens with zero attached hydrogens (tertiary/aromatic N) is 1. The summed E-state index contributed by atoms with van der Waals surface area (Å²) >= 11 is 0. The number of carbonyl (C=O) groups is 1. The van der Waals surface area contributed by atoms with Crippen molar-refractivity contribution < 1.29 is 4.79 Å². The largest absolute Gasteiger partial charge is 0.337 e. The van der Waals surface area contributed by atoms with Crippen LogP contribution in [0.15, 0.2) is 24.3 Å². The van der Waals surface area contributed by atoms with E-state index >= 15 is 0 Å². The van der Waals surface area contributed by atoms with Gasteiger partial charge in [0.1, 0.15) is 0 Å². The van der Waals surface area contributed by atoms with Crippen molar-refractivity contribution in [1.29, 1.82) is 0 Å². The minimum atomic E-state index is -0.0552. The molecule has 0 aromatic heterocycles. The average Bonchev–Trinajstić information content (AvgIpc) is 2.34. The first-order chi connectivity index (χ1) is 8.52. The van der Waals surface area contributed by atoms with E-state index in [4.69, 9.17) is 0 Å². The van der Waals surface area contributed by atoms with Crippen molar-refractivity contribution in [3.05, 3.63) is 35.4 Å². The van der Waals surface area contributed by atoms with Crippen molar-refractivity contribution in [2.24, 2.45) is 0 Å². The molecule has 0 aliphatic carbocycles. The van der Waals surface area contributed by atoms with Gasteiger partial charge in [-0.15, -0.1) is 0 Å². The van der Waals surface area contributed by atoms with Crippen LogP contribution >= 0.6 is 0 Å².